The Hall–Kier alpha value is -0.910. The molecule has 0 aromatic carbocycles. The average molecular weight is 254 g/mol. The smallest absolute Gasteiger partial charge is 0.163 e. The predicted octanol–water partition coefficient (Wildman–Crippen LogP) is 1.35. The minimum absolute atomic E-state index is 0.157. The van der Waals surface area contributed by atoms with Crippen molar-refractivity contribution in [2.45, 2.75) is 51.5 Å². The maximum absolute atomic E-state index is 8.77. The van der Waals surface area contributed by atoms with E-state index >= 15 is 0 Å². The first-order chi connectivity index (χ1) is 8.59. The summed E-state index contributed by atoms with van der Waals surface area (Å²) >= 11 is 0. The third kappa shape index (κ3) is 3.80. The molecule has 0 aliphatic carbocycles. The molecular weight excluding hydrogens is 232 g/mol. The van der Waals surface area contributed by atoms with Crippen LogP contribution in [0.3, 0.4) is 0 Å². The molecule has 1 aliphatic rings. The van der Waals surface area contributed by atoms with Crippen molar-refractivity contribution in [3.05, 3.63) is 18.0 Å². The highest BCUT2D eigenvalue weighted by Crippen LogP contribution is 2.24. The van der Waals surface area contributed by atoms with E-state index in [1.54, 1.807) is 0 Å². The molecular formula is C13H22N2O3. The van der Waals surface area contributed by atoms with E-state index in [1.165, 1.54) is 5.56 Å². The normalized spacial score (nSPS) is 22.5. The van der Waals surface area contributed by atoms with Crippen LogP contribution in [0.15, 0.2) is 12.4 Å². The molecule has 1 saturated heterocycles. The molecule has 0 saturated carbocycles. The van der Waals surface area contributed by atoms with E-state index in [-0.39, 0.29) is 12.7 Å². The third-order valence-corrected chi connectivity index (χ3v) is 3.06. The lowest BCUT2D eigenvalue weighted by molar-refractivity contribution is -0.139. The van der Waals surface area contributed by atoms with Crippen molar-refractivity contribution in [3.63, 3.8) is 0 Å². The molecule has 0 radical (unpaired) electrons. The van der Waals surface area contributed by atoms with E-state index < -0.39 is 5.79 Å². The second kappa shape index (κ2) is 5.82. The zero-order valence-corrected chi connectivity index (χ0v) is 11.1. The lowest BCUT2D eigenvalue weighted by atomic mass is 10.2. The molecule has 102 valence electrons. The molecule has 1 aromatic heterocycles. The highest BCUT2D eigenvalue weighted by molar-refractivity contribution is 5.03. The van der Waals surface area contributed by atoms with Gasteiger partial charge in [-0.1, -0.05) is 0 Å². The summed E-state index contributed by atoms with van der Waals surface area (Å²) in [5, 5.41) is 13.1. The van der Waals surface area contributed by atoms with Crippen LogP contribution in [0.1, 0.15) is 32.3 Å². The van der Waals surface area contributed by atoms with E-state index in [2.05, 4.69) is 5.10 Å². The maximum Gasteiger partial charge on any atom is 0.163 e. The van der Waals surface area contributed by atoms with Crippen molar-refractivity contribution in [3.8, 4) is 0 Å². The Bertz CT molecular complexity index is 376. The van der Waals surface area contributed by atoms with Crippen LogP contribution in [-0.4, -0.2) is 40.0 Å². The van der Waals surface area contributed by atoms with Gasteiger partial charge in [0.15, 0.2) is 5.79 Å². The van der Waals surface area contributed by atoms with E-state index in [1.807, 2.05) is 30.9 Å². The van der Waals surface area contributed by atoms with Gasteiger partial charge >= 0.3 is 0 Å². The van der Waals surface area contributed by atoms with Crippen molar-refractivity contribution in [1.82, 2.24) is 9.78 Å². The Morgan fingerprint density at radius 3 is 3.06 bits per heavy atom. The quantitative estimate of drug-likeness (QED) is 0.832. The zero-order chi connectivity index (χ0) is 13.0. The number of aliphatic hydroxyl groups excluding tert-OH is 1. The number of hydrogen-bond acceptors (Lipinski definition) is 4. The van der Waals surface area contributed by atoms with Crippen molar-refractivity contribution in [2.24, 2.45) is 0 Å². The molecule has 1 N–H and O–H groups in total. The number of aliphatic hydroxyl groups is 1. The van der Waals surface area contributed by atoms with Crippen molar-refractivity contribution in [2.75, 3.05) is 13.2 Å². The zero-order valence-electron chi connectivity index (χ0n) is 11.1. The molecule has 0 spiro atoms. The minimum atomic E-state index is -0.443. The summed E-state index contributed by atoms with van der Waals surface area (Å²) in [6.07, 6.45) is 6.64. The number of hydrogen-bond donors (Lipinski definition) is 1. The molecule has 2 heterocycles. The Morgan fingerprint density at radius 1 is 1.56 bits per heavy atom. The summed E-state index contributed by atoms with van der Waals surface area (Å²) in [6.45, 7) is 5.60. The van der Waals surface area contributed by atoms with Gasteiger partial charge in [-0.3, -0.25) is 4.68 Å². The van der Waals surface area contributed by atoms with Crippen LogP contribution in [0.25, 0.3) is 0 Å². The topological polar surface area (TPSA) is 56.5 Å². The molecule has 1 atom stereocenters. The molecule has 5 heteroatoms. The third-order valence-electron chi connectivity index (χ3n) is 3.06. The van der Waals surface area contributed by atoms with E-state index in [9.17, 15) is 0 Å². The molecule has 0 amide bonds. The molecule has 0 bridgehead atoms. The fourth-order valence-corrected chi connectivity index (χ4v) is 2.12. The summed E-state index contributed by atoms with van der Waals surface area (Å²) in [5.41, 5.74) is 1.17. The summed E-state index contributed by atoms with van der Waals surface area (Å²) in [6, 6.07) is 0. The fraction of sp³-hybridized carbons (Fsp3) is 0.769. The first kappa shape index (κ1) is 13.5. The summed E-state index contributed by atoms with van der Waals surface area (Å²) in [5.74, 6) is -0.443. The fourth-order valence-electron chi connectivity index (χ4n) is 2.12. The van der Waals surface area contributed by atoms with Gasteiger partial charge in [-0.05, 0) is 38.7 Å². The Morgan fingerprint density at radius 2 is 2.39 bits per heavy atom. The van der Waals surface area contributed by atoms with Gasteiger partial charge in [0.05, 0.1) is 18.9 Å². The van der Waals surface area contributed by atoms with Gasteiger partial charge in [-0.2, -0.15) is 5.10 Å². The number of aryl methyl sites for hydroxylation is 2. The van der Waals surface area contributed by atoms with Crippen molar-refractivity contribution in [1.29, 1.82) is 0 Å². The van der Waals surface area contributed by atoms with Gasteiger partial charge in [0, 0.05) is 19.3 Å². The van der Waals surface area contributed by atoms with E-state index in [0.29, 0.717) is 6.61 Å². The molecule has 5 nitrogen and oxygen atoms in total. The van der Waals surface area contributed by atoms with Crippen LogP contribution in [0.2, 0.25) is 0 Å². The van der Waals surface area contributed by atoms with Gasteiger partial charge in [-0.25, -0.2) is 0 Å². The van der Waals surface area contributed by atoms with Crippen LogP contribution in [-0.2, 0) is 22.4 Å². The lowest BCUT2D eigenvalue weighted by Gasteiger charge is -2.16. The average Bonchev–Trinajstić information content (AvgIpc) is 2.90. The summed E-state index contributed by atoms with van der Waals surface area (Å²) in [4.78, 5) is 0. The molecule has 1 unspecified atom stereocenters. The van der Waals surface area contributed by atoms with Gasteiger partial charge in [-0.15, -0.1) is 0 Å². The molecule has 1 fully saturated rings. The van der Waals surface area contributed by atoms with Gasteiger partial charge < -0.3 is 14.6 Å². The van der Waals surface area contributed by atoms with Crippen molar-refractivity contribution >= 4 is 0 Å². The first-order valence-corrected chi connectivity index (χ1v) is 6.53. The first-order valence-electron chi connectivity index (χ1n) is 6.53. The second-order valence-electron chi connectivity index (χ2n) is 5.18. The molecule has 1 aliphatic heterocycles. The highest BCUT2D eigenvalue weighted by atomic mass is 16.7. The van der Waals surface area contributed by atoms with Gasteiger partial charge in [0.2, 0.25) is 0 Å². The molecule has 2 rings (SSSR count). The van der Waals surface area contributed by atoms with Crippen LogP contribution in [0, 0.1) is 0 Å². The minimum Gasteiger partial charge on any atom is -0.396 e. The molecule has 1 aromatic rings. The SMILES string of the molecule is CC1(C)OCC(CCn2cc(CCCO)cn2)O1. The standard InChI is InChI=1S/C13H22N2O3/c1-13(2)17-10-12(18-13)5-6-15-9-11(8-14-15)4-3-7-16/h8-9,12,16H,3-7,10H2,1-2H3. The van der Waals surface area contributed by atoms with Gasteiger partial charge in [0.1, 0.15) is 0 Å². The van der Waals surface area contributed by atoms with Crippen LogP contribution < -0.4 is 0 Å². The summed E-state index contributed by atoms with van der Waals surface area (Å²) in [7, 11) is 0. The Kier molecular flexibility index (Phi) is 4.37. The monoisotopic (exact) mass is 254 g/mol. The number of rotatable bonds is 6. The highest BCUT2D eigenvalue weighted by Gasteiger charge is 2.32. The van der Waals surface area contributed by atoms with Crippen LogP contribution in [0.5, 0.6) is 0 Å². The lowest BCUT2D eigenvalue weighted by Crippen LogP contribution is -2.22. The Balaban J connectivity index is 1.75. The number of ether oxygens (including phenoxy) is 2. The largest absolute Gasteiger partial charge is 0.396 e. The second-order valence-corrected chi connectivity index (χ2v) is 5.18. The number of aromatic nitrogens is 2. The van der Waals surface area contributed by atoms with E-state index in [4.69, 9.17) is 14.6 Å². The van der Waals surface area contributed by atoms with E-state index in [0.717, 1.165) is 25.8 Å². The maximum atomic E-state index is 8.77. The number of nitrogens with zero attached hydrogens (tertiary/aromatic N) is 2. The predicted molar refractivity (Wildman–Crippen MR) is 67.2 cm³/mol. The van der Waals surface area contributed by atoms with Gasteiger partial charge in [0.25, 0.3) is 0 Å². The Labute approximate surface area is 108 Å². The van der Waals surface area contributed by atoms with Crippen LogP contribution in [0.4, 0.5) is 0 Å². The van der Waals surface area contributed by atoms with Crippen molar-refractivity contribution < 1.29 is 14.6 Å². The van der Waals surface area contributed by atoms with Crippen LogP contribution >= 0.6 is 0 Å². The summed E-state index contributed by atoms with van der Waals surface area (Å²) < 4.78 is 13.2. The molecule has 18 heavy (non-hydrogen) atoms.